The predicted octanol–water partition coefficient (Wildman–Crippen LogP) is 1.51. The van der Waals surface area contributed by atoms with Gasteiger partial charge in [-0.2, -0.15) is 0 Å². The summed E-state index contributed by atoms with van der Waals surface area (Å²) in [7, 11) is 1.82. The van der Waals surface area contributed by atoms with Crippen LogP contribution in [-0.2, 0) is 4.79 Å². The molecule has 0 rings (SSSR count). The first kappa shape index (κ1) is 9.47. The van der Waals surface area contributed by atoms with Crippen LogP contribution in [-0.4, -0.2) is 24.9 Å². The highest BCUT2D eigenvalue weighted by atomic mass is 16.1. The number of rotatable bonds is 5. The van der Waals surface area contributed by atoms with Gasteiger partial charge in [-0.3, -0.25) is 4.79 Å². The molecule has 0 atom stereocenters. The first-order valence-corrected chi connectivity index (χ1v) is 3.90. The fourth-order valence-electron chi connectivity index (χ4n) is 0.997. The van der Waals surface area contributed by atoms with Crippen molar-refractivity contribution in [3.8, 4) is 0 Å². The van der Waals surface area contributed by atoms with Gasteiger partial charge in [-0.1, -0.05) is 26.7 Å². The molecule has 0 unspecified atom stereocenters. The van der Waals surface area contributed by atoms with Crippen LogP contribution in [0.25, 0.3) is 0 Å². The van der Waals surface area contributed by atoms with E-state index in [1.807, 2.05) is 7.05 Å². The van der Waals surface area contributed by atoms with E-state index < -0.39 is 0 Å². The SMILES string of the molecule is CCC(CC)CN(C)C=O. The molecular weight excluding hydrogens is 126 g/mol. The van der Waals surface area contributed by atoms with E-state index in [2.05, 4.69) is 13.8 Å². The summed E-state index contributed by atoms with van der Waals surface area (Å²) in [5.41, 5.74) is 0. The number of carbonyl (C=O) groups excluding carboxylic acids is 1. The Morgan fingerprint density at radius 3 is 2.20 bits per heavy atom. The summed E-state index contributed by atoms with van der Waals surface area (Å²) >= 11 is 0. The molecule has 1 amide bonds. The molecule has 0 fully saturated rings. The second kappa shape index (κ2) is 5.27. The fourth-order valence-corrected chi connectivity index (χ4v) is 0.997. The number of carbonyl (C=O) groups is 1. The zero-order valence-corrected chi connectivity index (χ0v) is 7.13. The Morgan fingerprint density at radius 2 is 1.90 bits per heavy atom. The van der Waals surface area contributed by atoms with Gasteiger partial charge in [0.25, 0.3) is 0 Å². The monoisotopic (exact) mass is 143 g/mol. The Hall–Kier alpha value is -0.530. The Kier molecular flexibility index (Phi) is 4.99. The van der Waals surface area contributed by atoms with Crippen LogP contribution in [0.5, 0.6) is 0 Å². The van der Waals surface area contributed by atoms with Crippen molar-refractivity contribution in [2.75, 3.05) is 13.6 Å². The summed E-state index contributed by atoms with van der Waals surface area (Å²) in [6, 6.07) is 0. The largest absolute Gasteiger partial charge is 0.348 e. The summed E-state index contributed by atoms with van der Waals surface area (Å²) in [5.74, 6) is 0.676. The summed E-state index contributed by atoms with van der Waals surface area (Å²) in [6.07, 6.45) is 3.21. The number of nitrogens with zero attached hydrogens (tertiary/aromatic N) is 1. The van der Waals surface area contributed by atoms with Crippen molar-refractivity contribution in [2.45, 2.75) is 26.7 Å². The minimum absolute atomic E-state index is 0.676. The first-order valence-electron chi connectivity index (χ1n) is 3.90. The molecule has 0 spiro atoms. The van der Waals surface area contributed by atoms with Gasteiger partial charge in [-0.05, 0) is 5.92 Å². The molecule has 2 nitrogen and oxygen atoms in total. The van der Waals surface area contributed by atoms with E-state index in [1.165, 1.54) is 0 Å². The van der Waals surface area contributed by atoms with Gasteiger partial charge < -0.3 is 4.90 Å². The molecular formula is C8H17NO. The predicted molar refractivity (Wildman–Crippen MR) is 42.8 cm³/mol. The second-order valence-electron chi connectivity index (χ2n) is 2.73. The zero-order chi connectivity index (χ0) is 7.98. The minimum Gasteiger partial charge on any atom is -0.348 e. The van der Waals surface area contributed by atoms with Crippen LogP contribution < -0.4 is 0 Å². The van der Waals surface area contributed by atoms with Crippen LogP contribution in [0.4, 0.5) is 0 Å². The third-order valence-electron chi connectivity index (χ3n) is 1.88. The molecule has 0 saturated heterocycles. The van der Waals surface area contributed by atoms with E-state index in [1.54, 1.807) is 4.90 Å². The van der Waals surface area contributed by atoms with Gasteiger partial charge in [0.2, 0.25) is 6.41 Å². The number of hydrogen-bond donors (Lipinski definition) is 0. The van der Waals surface area contributed by atoms with Crippen LogP contribution in [0.1, 0.15) is 26.7 Å². The van der Waals surface area contributed by atoms with Crippen LogP contribution in [0.2, 0.25) is 0 Å². The summed E-state index contributed by atoms with van der Waals surface area (Å²) in [4.78, 5) is 11.9. The zero-order valence-electron chi connectivity index (χ0n) is 7.13. The quantitative estimate of drug-likeness (QED) is 0.534. The van der Waals surface area contributed by atoms with Crippen LogP contribution in [0.3, 0.4) is 0 Å². The Labute approximate surface area is 63.2 Å². The van der Waals surface area contributed by atoms with E-state index in [9.17, 15) is 4.79 Å². The number of amides is 1. The Bertz CT molecular complexity index is 89.3. The maximum absolute atomic E-state index is 10.2. The van der Waals surface area contributed by atoms with Crippen molar-refractivity contribution in [1.82, 2.24) is 4.90 Å². The van der Waals surface area contributed by atoms with Crippen molar-refractivity contribution in [1.29, 1.82) is 0 Å². The van der Waals surface area contributed by atoms with Crippen LogP contribution in [0.15, 0.2) is 0 Å². The van der Waals surface area contributed by atoms with Gasteiger partial charge >= 0.3 is 0 Å². The van der Waals surface area contributed by atoms with Gasteiger partial charge in [0, 0.05) is 13.6 Å². The van der Waals surface area contributed by atoms with Crippen molar-refractivity contribution in [3.63, 3.8) is 0 Å². The van der Waals surface area contributed by atoms with Gasteiger partial charge in [0.05, 0.1) is 0 Å². The lowest BCUT2D eigenvalue weighted by Crippen LogP contribution is -2.23. The smallest absolute Gasteiger partial charge is 0.209 e. The molecule has 10 heavy (non-hydrogen) atoms. The molecule has 0 aliphatic carbocycles. The summed E-state index contributed by atoms with van der Waals surface area (Å²) in [6.45, 7) is 5.22. The van der Waals surface area contributed by atoms with E-state index in [0.717, 1.165) is 25.8 Å². The highest BCUT2D eigenvalue weighted by Gasteiger charge is 2.04. The molecule has 60 valence electrons. The molecule has 0 radical (unpaired) electrons. The maximum atomic E-state index is 10.2. The van der Waals surface area contributed by atoms with Gasteiger partial charge in [0.1, 0.15) is 0 Å². The van der Waals surface area contributed by atoms with Crippen LogP contribution >= 0.6 is 0 Å². The summed E-state index contributed by atoms with van der Waals surface area (Å²) < 4.78 is 0. The average Bonchev–Trinajstić information content (AvgIpc) is 1.99. The molecule has 0 aromatic heterocycles. The van der Waals surface area contributed by atoms with Crippen molar-refractivity contribution in [3.05, 3.63) is 0 Å². The van der Waals surface area contributed by atoms with Crippen LogP contribution in [0, 0.1) is 5.92 Å². The molecule has 0 heterocycles. The standard InChI is InChI=1S/C8H17NO/c1-4-8(5-2)6-9(3)7-10/h7-8H,4-6H2,1-3H3. The lowest BCUT2D eigenvalue weighted by molar-refractivity contribution is -0.117. The maximum Gasteiger partial charge on any atom is 0.209 e. The molecule has 0 aliphatic heterocycles. The van der Waals surface area contributed by atoms with Gasteiger partial charge in [-0.15, -0.1) is 0 Å². The van der Waals surface area contributed by atoms with Crippen molar-refractivity contribution < 1.29 is 4.79 Å². The molecule has 0 saturated carbocycles. The molecule has 0 aromatic carbocycles. The topological polar surface area (TPSA) is 20.3 Å². The third-order valence-corrected chi connectivity index (χ3v) is 1.88. The third kappa shape index (κ3) is 3.49. The minimum atomic E-state index is 0.676. The second-order valence-corrected chi connectivity index (χ2v) is 2.73. The van der Waals surface area contributed by atoms with E-state index >= 15 is 0 Å². The Balaban J connectivity index is 3.51. The first-order chi connectivity index (χ1) is 4.74. The Morgan fingerprint density at radius 1 is 1.40 bits per heavy atom. The highest BCUT2D eigenvalue weighted by molar-refractivity contribution is 5.46. The lowest BCUT2D eigenvalue weighted by atomic mass is 10.0. The van der Waals surface area contributed by atoms with Gasteiger partial charge in [-0.25, -0.2) is 0 Å². The van der Waals surface area contributed by atoms with E-state index in [-0.39, 0.29) is 0 Å². The lowest BCUT2D eigenvalue weighted by Gasteiger charge is -2.17. The molecule has 2 heteroatoms. The molecule has 0 aromatic rings. The normalized spacial score (nSPS) is 10.0. The molecule has 0 bridgehead atoms. The van der Waals surface area contributed by atoms with Crippen molar-refractivity contribution in [2.24, 2.45) is 5.92 Å². The van der Waals surface area contributed by atoms with E-state index in [4.69, 9.17) is 0 Å². The van der Waals surface area contributed by atoms with Gasteiger partial charge in [0.15, 0.2) is 0 Å². The number of hydrogen-bond acceptors (Lipinski definition) is 1. The van der Waals surface area contributed by atoms with Crippen molar-refractivity contribution >= 4 is 6.41 Å². The molecule has 0 N–H and O–H groups in total. The summed E-state index contributed by atoms with van der Waals surface area (Å²) in [5, 5.41) is 0. The van der Waals surface area contributed by atoms with E-state index in [0.29, 0.717) is 5.92 Å². The highest BCUT2D eigenvalue weighted by Crippen LogP contribution is 2.07. The average molecular weight is 143 g/mol. The molecule has 0 aliphatic rings. The fraction of sp³-hybridized carbons (Fsp3) is 0.875.